The van der Waals surface area contributed by atoms with E-state index >= 15 is 0 Å². The van der Waals surface area contributed by atoms with E-state index in [1.54, 1.807) is 13.0 Å². The van der Waals surface area contributed by atoms with Crippen LogP contribution in [0.4, 0.5) is 10.3 Å². The fourth-order valence-corrected chi connectivity index (χ4v) is 3.64. The Labute approximate surface area is 149 Å². The number of nitrogens with one attached hydrogen (secondary N) is 1. The monoisotopic (exact) mass is 380 g/mol. The highest BCUT2D eigenvalue weighted by Crippen LogP contribution is 2.33. The average molecular weight is 381 g/mol. The highest BCUT2D eigenvalue weighted by molar-refractivity contribution is 7.91. The molecule has 0 spiro atoms. The van der Waals surface area contributed by atoms with Gasteiger partial charge in [0.1, 0.15) is 5.82 Å². The number of hydrogen-bond donors (Lipinski definition) is 1. The summed E-state index contributed by atoms with van der Waals surface area (Å²) in [5.41, 5.74) is 0.0826. The van der Waals surface area contributed by atoms with Gasteiger partial charge in [-0.2, -0.15) is 4.98 Å². The summed E-state index contributed by atoms with van der Waals surface area (Å²) in [5.74, 6) is -0.695. The largest absolute Gasteiger partial charge is 0.419 e. The average Bonchev–Trinajstić information content (AvgIpc) is 3.00. The van der Waals surface area contributed by atoms with Crippen LogP contribution in [0.5, 0.6) is 0 Å². The molecule has 1 aromatic heterocycles. The fourth-order valence-electron chi connectivity index (χ4n) is 2.24. The topological polar surface area (TPSA) is 72.2 Å². The third-order valence-electron chi connectivity index (χ3n) is 3.42. The van der Waals surface area contributed by atoms with Gasteiger partial charge in [0, 0.05) is 11.6 Å². The van der Waals surface area contributed by atoms with E-state index in [0.29, 0.717) is 11.6 Å². The second-order valence-corrected chi connectivity index (χ2v) is 7.42. The molecule has 0 saturated carbocycles. The van der Waals surface area contributed by atoms with Crippen LogP contribution >= 0.6 is 11.6 Å². The van der Waals surface area contributed by atoms with Crippen molar-refractivity contribution >= 4 is 27.3 Å². The summed E-state index contributed by atoms with van der Waals surface area (Å²) >= 11 is 5.81. The first-order valence-corrected chi connectivity index (χ1v) is 9.30. The molecule has 1 N–H and O–H groups in total. The van der Waals surface area contributed by atoms with Crippen LogP contribution in [-0.2, 0) is 9.84 Å². The number of benzene rings is 2. The minimum Gasteiger partial charge on any atom is -0.419 e. The molecule has 5 nitrogen and oxygen atoms in total. The van der Waals surface area contributed by atoms with E-state index in [1.165, 1.54) is 42.5 Å². The van der Waals surface area contributed by atoms with Crippen molar-refractivity contribution in [1.82, 2.24) is 4.98 Å². The second-order valence-electron chi connectivity index (χ2n) is 5.12. The molecule has 0 aliphatic carbocycles. The van der Waals surface area contributed by atoms with Crippen LogP contribution in [0.15, 0.2) is 62.9 Å². The van der Waals surface area contributed by atoms with Gasteiger partial charge in [-0.1, -0.05) is 23.7 Å². The van der Waals surface area contributed by atoms with E-state index in [2.05, 4.69) is 10.3 Å². The molecule has 130 valence electrons. The van der Waals surface area contributed by atoms with Gasteiger partial charge in [-0.3, -0.25) is 0 Å². The van der Waals surface area contributed by atoms with Gasteiger partial charge in [-0.25, -0.2) is 12.8 Å². The fraction of sp³-hybridized carbons (Fsp3) is 0.118. The Morgan fingerprint density at radius 1 is 1.16 bits per heavy atom. The number of hydrogen-bond acceptors (Lipinski definition) is 5. The van der Waals surface area contributed by atoms with Crippen LogP contribution in [0, 0.1) is 5.82 Å². The molecule has 25 heavy (non-hydrogen) atoms. The highest BCUT2D eigenvalue weighted by Gasteiger charge is 2.28. The molecule has 3 aromatic rings. The van der Waals surface area contributed by atoms with Crippen molar-refractivity contribution in [2.75, 3.05) is 11.9 Å². The minimum absolute atomic E-state index is 0.0180. The summed E-state index contributed by atoms with van der Waals surface area (Å²) in [6.45, 7) is 2.19. The molecule has 0 amide bonds. The number of anilines is 1. The van der Waals surface area contributed by atoms with Crippen LogP contribution in [0.1, 0.15) is 6.92 Å². The Balaban J connectivity index is 2.15. The molecule has 0 atom stereocenters. The lowest BCUT2D eigenvalue weighted by Gasteiger charge is -2.04. The summed E-state index contributed by atoms with van der Waals surface area (Å²) in [7, 11) is -3.96. The molecule has 8 heteroatoms. The SMILES string of the molecule is CCNc1oc(-c2ccccc2F)nc1S(=O)(=O)c1ccc(Cl)cc1. The molecule has 1 heterocycles. The van der Waals surface area contributed by atoms with Crippen molar-refractivity contribution in [3.63, 3.8) is 0 Å². The molecule has 2 aromatic carbocycles. The van der Waals surface area contributed by atoms with Crippen LogP contribution in [0.3, 0.4) is 0 Å². The van der Waals surface area contributed by atoms with E-state index in [-0.39, 0.29) is 27.3 Å². The maximum atomic E-state index is 14.0. The molecule has 0 aliphatic heterocycles. The van der Waals surface area contributed by atoms with E-state index in [4.69, 9.17) is 16.0 Å². The van der Waals surface area contributed by atoms with Crippen LogP contribution in [-0.4, -0.2) is 19.9 Å². The van der Waals surface area contributed by atoms with E-state index in [1.807, 2.05) is 0 Å². The zero-order valence-electron chi connectivity index (χ0n) is 13.2. The lowest BCUT2D eigenvalue weighted by Crippen LogP contribution is -2.07. The summed E-state index contributed by atoms with van der Waals surface area (Å²) < 4.78 is 45.2. The van der Waals surface area contributed by atoms with Gasteiger partial charge in [0.05, 0.1) is 10.5 Å². The van der Waals surface area contributed by atoms with Gasteiger partial charge < -0.3 is 9.73 Å². The smallest absolute Gasteiger partial charge is 0.233 e. The highest BCUT2D eigenvalue weighted by atomic mass is 35.5. The Bertz CT molecular complexity index is 1000. The molecular formula is C17H14ClFN2O3S. The van der Waals surface area contributed by atoms with Crippen LogP contribution in [0.25, 0.3) is 11.5 Å². The maximum absolute atomic E-state index is 14.0. The van der Waals surface area contributed by atoms with Crippen molar-refractivity contribution in [1.29, 1.82) is 0 Å². The number of nitrogens with zero attached hydrogens (tertiary/aromatic N) is 1. The Hall–Kier alpha value is -2.38. The number of sulfone groups is 1. The third-order valence-corrected chi connectivity index (χ3v) is 5.35. The molecule has 0 saturated heterocycles. The first kappa shape index (κ1) is 17.4. The second kappa shape index (κ2) is 6.85. The van der Waals surface area contributed by atoms with Gasteiger partial charge in [0.15, 0.2) is 0 Å². The molecular weight excluding hydrogens is 367 g/mol. The Morgan fingerprint density at radius 2 is 1.84 bits per heavy atom. The number of rotatable bonds is 5. The van der Waals surface area contributed by atoms with Gasteiger partial charge in [-0.05, 0) is 43.3 Å². The molecule has 0 radical (unpaired) electrons. The van der Waals surface area contributed by atoms with E-state index in [0.717, 1.165) is 0 Å². The Kier molecular flexibility index (Phi) is 4.78. The van der Waals surface area contributed by atoms with Gasteiger partial charge >= 0.3 is 0 Å². The van der Waals surface area contributed by atoms with Crippen molar-refractivity contribution in [2.24, 2.45) is 0 Å². The normalized spacial score (nSPS) is 11.5. The predicted octanol–water partition coefficient (Wildman–Crippen LogP) is 4.40. The van der Waals surface area contributed by atoms with Crippen LogP contribution < -0.4 is 5.32 Å². The van der Waals surface area contributed by atoms with Gasteiger partial charge in [-0.15, -0.1) is 0 Å². The van der Waals surface area contributed by atoms with Crippen molar-refractivity contribution in [2.45, 2.75) is 16.8 Å². The standard InChI is InChI=1S/C17H14ClFN2O3S/c1-2-20-16-17(25(22,23)12-9-7-11(18)8-10-12)21-15(24-16)13-5-3-4-6-14(13)19/h3-10,20H,2H2,1H3. The van der Waals surface area contributed by atoms with E-state index in [9.17, 15) is 12.8 Å². The molecule has 0 unspecified atom stereocenters. The summed E-state index contributed by atoms with van der Waals surface area (Å²) in [6.07, 6.45) is 0. The van der Waals surface area contributed by atoms with E-state index < -0.39 is 15.7 Å². The van der Waals surface area contributed by atoms with Gasteiger partial charge in [0.2, 0.25) is 26.6 Å². The molecule has 0 fully saturated rings. The zero-order valence-corrected chi connectivity index (χ0v) is 14.7. The number of aromatic nitrogens is 1. The van der Waals surface area contributed by atoms with Crippen molar-refractivity contribution < 1.29 is 17.2 Å². The van der Waals surface area contributed by atoms with Crippen molar-refractivity contribution in [3.8, 4) is 11.5 Å². The predicted molar refractivity (Wildman–Crippen MR) is 93.0 cm³/mol. The molecule has 0 bridgehead atoms. The first-order valence-electron chi connectivity index (χ1n) is 7.43. The lowest BCUT2D eigenvalue weighted by atomic mass is 10.2. The van der Waals surface area contributed by atoms with Crippen LogP contribution in [0.2, 0.25) is 5.02 Å². The van der Waals surface area contributed by atoms with Crippen molar-refractivity contribution in [3.05, 3.63) is 59.4 Å². The molecule has 0 aliphatic rings. The quantitative estimate of drug-likeness (QED) is 0.710. The number of halogens is 2. The number of oxazole rings is 1. The van der Waals surface area contributed by atoms with Gasteiger partial charge in [0.25, 0.3) is 0 Å². The lowest BCUT2D eigenvalue weighted by molar-refractivity contribution is 0.568. The first-order chi connectivity index (χ1) is 11.9. The Morgan fingerprint density at radius 3 is 2.48 bits per heavy atom. The molecule has 3 rings (SSSR count). The zero-order chi connectivity index (χ0) is 18.0. The third kappa shape index (κ3) is 3.38. The summed E-state index contributed by atoms with van der Waals surface area (Å²) in [5, 5.41) is 2.93. The minimum atomic E-state index is -3.96. The summed E-state index contributed by atoms with van der Waals surface area (Å²) in [6, 6.07) is 11.6. The maximum Gasteiger partial charge on any atom is 0.233 e. The summed E-state index contributed by atoms with van der Waals surface area (Å²) in [4.78, 5) is 4.06.